The molecule has 1 atom stereocenters. The van der Waals surface area contributed by atoms with Crippen LogP contribution in [0.25, 0.3) is 0 Å². The third-order valence-electron chi connectivity index (χ3n) is 4.63. The SMILES string of the molecule is CCC1(C(=O)OC2CCCC2)OC12CCC2. The van der Waals surface area contributed by atoms with E-state index in [1.165, 1.54) is 19.3 Å². The first-order chi connectivity index (χ1) is 7.72. The largest absolute Gasteiger partial charge is 0.460 e. The molecule has 1 saturated heterocycles. The Hall–Kier alpha value is -0.570. The van der Waals surface area contributed by atoms with Gasteiger partial charge in [0.25, 0.3) is 0 Å². The lowest BCUT2D eigenvalue weighted by atomic mass is 9.74. The standard InChI is InChI=1S/C13H20O3/c1-2-13(12(16-13)8-5-9-12)11(14)15-10-6-3-4-7-10/h10H,2-9H2,1H3. The molecule has 1 unspecified atom stereocenters. The van der Waals surface area contributed by atoms with Gasteiger partial charge in [0, 0.05) is 0 Å². The summed E-state index contributed by atoms with van der Waals surface area (Å²) in [6.45, 7) is 2.03. The summed E-state index contributed by atoms with van der Waals surface area (Å²) in [6.07, 6.45) is 8.68. The van der Waals surface area contributed by atoms with Crippen LogP contribution in [0.1, 0.15) is 58.3 Å². The normalized spacial score (nSPS) is 36.1. The molecule has 3 aliphatic rings. The second kappa shape index (κ2) is 3.46. The minimum atomic E-state index is -0.562. The molecule has 1 heterocycles. The van der Waals surface area contributed by atoms with Crippen molar-refractivity contribution in [1.82, 2.24) is 0 Å². The fourth-order valence-electron chi connectivity index (χ4n) is 3.33. The highest BCUT2D eigenvalue weighted by molar-refractivity contribution is 5.85. The molecule has 16 heavy (non-hydrogen) atoms. The summed E-state index contributed by atoms with van der Waals surface area (Å²) in [5.74, 6) is -0.0819. The fourth-order valence-corrected chi connectivity index (χ4v) is 3.33. The van der Waals surface area contributed by atoms with Crippen molar-refractivity contribution in [3.05, 3.63) is 0 Å². The van der Waals surface area contributed by atoms with Crippen molar-refractivity contribution in [2.45, 2.75) is 75.6 Å². The van der Waals surface area contributed by atoms with E-state index in [9.17, 15) is 4.79 Å². The minimum Gasteiger partial charge on any atom is -0.460 e. The van der Waals surface area contributed by atoms with Crippen LogP contribution in [0.2, 0.25) is 0 Å². The zero-order valence-corrected chi connectivity index (χ0v) is 9.96. The number of hydrogen-bond donors (Lipinski definition) is 0. The zero-order valence-electron chi connectivity index (χ0n) is 9.96. The van der Waals surface area contributed by atoms with E-state index in [0.29, 0.717) is 0 Å². The van der Waals surface area contributed by atoms with Gasteiger partial charge in [0.05, 0.1) is 0 Å². The minimum absolute atomic E-state index is 0.0819. The van der Waals surface area contributed by atoms with Crippen LogP contribution in [-0.2, 0) is 14.3 Å². The predicted octanol–water partition coefficient (Wildman–Crippen LogP) is 2.57. The molecule has 1 aliphatic heterocycles. The van der Waals surface area contributed by atoms with E-state index >= 15 is 0 Å². The number of hydrogen-bond acceptors (Lipinski definition) is 3. The summed E-state index contributed by atoms with van der Waals surface area (Å²) in [5, 5.41) is 0. The van der Waals surface area contributed by atoms with Gasteiger partial charge in [0.15, 0.2) is 5.60 Å². The molecular weight excluding hydrogens is 204 g/mol. The number of carbonyl (C=O) groups excluding carboxylic acids is 1. The molecule has 0 N–H and O–H groups in total. The average Bonchev–Trinajstić information content (AvgIpc) is 2.73. The highest BCUT2D eigenvalue weighted by Gasteiger charge is 2.76. The van der Waals surface area contributed by atoms with Gasteiger partial charge in [-0.1, -0.05) is 6.92 Å². The first-order valence-corrected chi connectivity index (χ1v) is 6.64. The Morgan fingerprint density at radius 3 is 2.44 bits per heavy atom. The number of epoxide rings is 1. The van der Waals surface area contributed by atoms with E-state index in [0.717, 1.165) is 32.1 Å². The summed E-state index contributed by atoms with van der Waals surface area (Å²) in [7, 11) is 0. The van der Waals surface area contributed by atoms with E-state index in [1.807, 2.05) is 6.92 Å². The Labute approximate surface area is 96.5 Å². The Kier molecular flexibility index (Phi) is 2.29. The molecule has 0 aromatic carbocycles. The quantitative estimate of drug-likeness (QED) is 0.546. The Bertz CT molecular complexity index is 302. The van der Waals surface area contributed by atoms with Crippen LogP contribution in [0.5, 0.6) is 0 Å². The summed E-state index contributed by atoms with van der Waals surface area (Å²) in [4.78, 5) is 12.2. The highest BCUT2D eigenvalue weighted by atomic mass is 16.7. The van der Waals surface area contributed by atoms with Gasteiger partial charge in [-0.15, -0.1) is 0 Å². The summed E-state index contributed by atoms with van der Waals surface area (Å²) in [5.41, 5.74) is -0.675. The second-order valence-corrected chi connectivity index (χ2v) is 5.44. The first-order valence-electron chi connectivity index (χ1n) is 6.64. The van der Waals surface area contributed by atoms with Gasteiger partial charge in [-0.2, -0.15) is 0 Å². The molecular formula is C13H20O3. The van der Waals surface area contributed by atoms with Crippen molar-refractivity contribution in [1.29, 1.82) is 0 Å². The lowest BCUT2D eigenvalue weighted by molar-refractivity contribution is -0.155. The van der Waals surface area contributed by atoms with E-state index in [2.05, 4.69) is 0 Å². The maximum absolute atomic E-state index is 12.2. The van der Waals surface area contributed by atoms with Gasteiger partial charge in [-0.05, 0) is 51.4 Å². The molecule has 2 saturated carbocycles. The molecule has 0 aromatic heterocycles. The van der Waals surface area contributed by atoms with Gasteiger partial charge < -0.3 is 9.47 Å². The Morgan fingerprint density at radius 2 is 2.00 bits per heavy atom. The van der Waals surface area contributed by atoms with E-state index < -0.39 is 5.60 Å². The van der Waals surface area contributed by atoms with E-state index in [4.69, 9.17) is 9.47 Å². The van der Waals surface area contributed by atoms with Crippen molar-refractivity contribution in [2.75, 3.05) is 0 Å². The van der Waals surface area contributed by atoms with Crippen LogP contribution in [0.15, 0.2) is 0 Å². The summed E-state index contributed by atoms with van der Waals surface area (Å²) >= 11 is 0. The zero-order chi connectivity index (χ0) is 11.2. The van der Waals surface area contributed by atoms with Crippen molar-refractivity contribution in [2.24, 2.45) is 0 Å². The number of esters is 1. The fraction of sp³-hybridized carbons (Fsp3) is 0.923. The molecule has 1 spiro atoms. The predicted molar refractivity (Wildman–Crippen MR) is 59.0 cm³/mol. The lowest BCUT2D eigenvalue weighted by Crippen LogP contribution is -2.40. The third kappa shape index (κ3) is 1.27. The Balaban J connectivity index is 1.65. The number of ether oxygens (including phenoxy) is 2. The molecule has 0 amide bonds. The van der Waals surface area contributed by atoms with Crippen LogP contribution in [-0.4, -0.2) is 23.3 Å². The lowest BCUT2D eigenvalue weighted by Gasteiger charge is -2.26. The van der Waals surface area contributed by atoms with Crippen molar-refractivity contribution in [3.63, 3.8) is 0 Å². The van der Waals surface area contributed by atoms with Crippen LogP contribution in [0.3, 0.4) is 0 Å². The molecule has 3 fully saturated rings. The molecule has 3 nitrogen and oxygen atoms in total. The molecule has 3 heteroatoms. The summed E-state index contributed by atoms with van der Waals surface area (Å²) < 4.78 is 11.4. The summed E-state index contributed by atoms with van der Waals surface area (Å²) in [6, 6.07) is 0. The molecule has 3 rings (SSSR count). The molecule has 0 radical (unpaired) electrons. The maximum atomic E-state index is 12.2. The van der Waals surface area contributed by atoms with Crippen LogP contribution in [0, 0.1) is 0 Å². The highest BCUT2D eigenvalue weighted by Crippen LogP contribution is 2.62. The molecule has 0 aromatic rings. The van der Waals surface area contributed by atoms with E-state index in [1.54, 1.807) is 0 Å². The van der Waals surface area contributed by atoms with Crippen LogP contribution < -0.4 is 0 Å². The number of rotatable bonds is 3. The van der Waals surface area contributed by atoms with Crippen molar-refractivity contribution in [3.8, 4) is 0 Å². The first kappa shape index (κ1) is 10.6. The maximum Gasteiger partial charge on any atom is 0.341 e. The molecule has 0 bridgehead atoms. The number of carbonyl (C=O) groups is 1. The van der Waals surface area contributed by atoms with E-state index in [-0.39, 0.29) is 17.7 Å². The second-order valence-electron chi connectivity index (χ2n) is 5.44. The van der Waals surface area contributed by atoms with Gasteiger partial charge >= 0.3 is 5.97 Å². The van der Waals surface area contributed by atoms with Gasteiger partial charge in [-0.25, -0.2) is 4.79 Å². The molecule has 2 aliphatic carbocycles. The smallest absolute Gasteiger partial charge is 0.341 e. The van der Waals surface area contributed by atoms with Gasteiger partial charge in [-0.3, -0.25) is 0 Å². The topological polar surface area (TPSA) is 38.8 Å². The van der Waals surface area contributed by atoms with Gasteiger partial charge in [0.1, 0.15) is 11.7 Å². The average molecular weight is 224 g/mol. The third-order valence-corrected chi connectivity index (χ3v) is 4.63. The monoisotopic (exact) mass is 224 g/mol. The van der Waals surface area contributed by atoms with Crippen molar-refractivity contribution < 1.29 is 14.3 Å². The van der Waals surface area contributed by atoms with Crippen LogP contribution in [0.4, 0.5) is 0 Å². The Morgan fingerprint density at radius 1 is 1.31 bits per heavy atom. The molecule has 90 valence electrons. The van der Waals surface area contributed by atoms with Crippen LogP contribution >= 0.6 is 0 Å². The van der Waals surface area contributed by atoms with Gasteiger partial charge in [0.2, 0.25) is 0 Å². The van der Waals surface area contributed by atoms with Crippen molar-refractivity contribution >= 4 is 5.97 Å².